The molecule has 1 aromatic carbocycles. The monoisotopic (exact) mass is 320 g/mol. The molecule has 7 heteroatoms. The van der Waals surface area contributed by atoms with Crippen molar-refractivity contribution in [3.63, 3.8) is 0 Å². The Balaban J connectivity index is 0.00000220. The molecule has 1 aliphatic carbocycles. The zero-order valence-electron chi connectivity index (χ0n) is 11.5. The van der Waals surface area contributed by atoms with Crippen molar-refractivity contribution in [2.24, 2.45) is 11.7 Å². The maximum absolute atomic E-state index is 12.9. The summed E-state index contributed by atoms with van der Waals surface area (Å²) in [5, 5.41) is 2.75. The van der Waals surface area contributed by atoms with Crippen molar-refractivity contribution >= 4 is 18.3 Å². The van der Waals surface area contributed by atoms with E-state index in [1.165, 1.54) is 6.07 Å². The standard InChI is InChI=1S/C14H18F2N2O2.ClH/c15-12-4-3-11(8-13(12)16)20-6-5-18-14(19)9-1-2-10(17)7-9;/h3-4,8-10H,1-2,5-7,17H2,(H,18,19);1H. The number of halogens is 3. The third-order valence-electron chi connectivity index (χ3n) is 3.41. The zero-order chi connectivity index (χ0) is 14.5. The van der Waals surface area contributed by atoms with Gasteiger partial charge in [-0.05, 0) is 31.4 Å². The molecule has 0 aliphatic heterocycles. The maximum atomic E-state index is 12.9. The van der Waals surface area contributed by atoms with Crippen LogP contribution >= 0.6 is 12.4 Å². The van der Waals surface area contributed by atoms with E-state index in [1.54, 1.807) is 0 Å². The first-order valence-corrected chi connectivity index (χ1v) is 6.67. The minimum absolute atomic E-state index is 0. The van der Waals surface area contributed by atoms with Gasteiger partial charge in [0.15, 0.2) is 11.6 Å². The number of amides is 1. The first-order chi connectivity index (χ1) is 9.56. The lowest BCUT2D eigenvalue weighted by Gasteiger charge is -2.11. The highest BCUT2D eigenvalue weighted by Gasteiger charge is 2.27. The Hall–Kier alpha value is -1.40. The van der Waals surface area contributed by atoms with Crippen LogP contribution in [0.4, 0.5) is 8.78 Å². The Kier molecular flexibility index (Phi) is 6.84. The third kappa shape index (κ3) is 5.13. The number of ether oxygens (including phenoxy) is 1. The highest BCUT2D eigenvalue weighted by atomic mass is 35.5. The molecule has 2 unspecified atom stereocenters. The summed E-state index contributed by atoms with van der Waals surface area (Å²) in [7, 11) is 0. The topological polar surface area (TPSA) is 64.4 Å². The molecule has 118 valence electrons. The molecular formula is C14H19ClF2N2O2. The average molecular weight is 321 g/mol. The Bertz CT molecular complexity index is 488. The van der Waals surface area contributed by atoms with E-state index in [2.05, 4.69) is 5.32 Å². The molecule has 1 amide bonds. The number of nitrogens with two attached hydrogens (primary N) is 1. The SMILES string of the molecule is Cl.NC1CCC(C(=O)NCCOc2ccc(F)c(F)c2)C1. The van der Waals surface area contributed by atoms with Crippen molar-refractivity contribution in [1.82, 2.24) is 5.32 Å². The molecule has 2 atom stereocenters. The maximum Gasteiger partial charge on any atom is 0.223 e. The van der Waals surface area contributed by atoms with Crippen LogP contribution in [-0.4, -0.2) is 25.1 Å². The molecule has 0 spiro atoms. The van der Waals surface area contributed by atoms with Gasteiger partial charge in [-0.3, -0.25) is 4.79 Å². The number of hydrogen-bond donors (Lipinski definition) is 2. The fourth-order valence-corrected chi connectivity index (χ4v) is 2.31. The second-order valence-corrected chi connectivity index (χ2v) is 4.99. The Morgan fingerprint density at radius 3 is 2.71 bits per heavy atom. The molecule has 0 heterocycles. The summed E-state index contributed by atoms with van der Waals surface area (Å²) in [6.07, 6.45) is 2.41. The van der Waals surface area contributed by atoms with E-state index in [1.807, 2.05) is 0 Å². The van der Waals surface area contributed by atoms with Gasteiger partial charge in [-0.2, -0.15) is 0 Å². The summed E-state index contributed by atoms with van der Waals surface area (Å²) < 4.78 is 30.9. The van der Waals surface area contributed by atoms with Crippen molar-refractivity contribution in [3.05, 3.63) is 29.8 Å². The van der Waals surface area contributed by atoms with Crippen LogP contribution in [0.25, 0.3) is 0 Å². The van der Waals surface area contributed by atoms with E-state index in [4.69, 9.17) is 10.5 Å². The van der Waals surface area contributed by atoms with Gasteiger partial charge in [0.1, 0.15) is 12.4 Å². The Labute approximate surface area is 128 Å². The van der Waals surface area contributed by atoms with Crippen molar-refractivity contribution < 1.29 is 18.3 Å². The molecule has 3 N–H and O–H groups in total. The molecule has 0 saturated heterocycles. The Morgan fingerprint density at radius 2 is 2.10 bits per heavy atom. The smallest absolute Gasteiger partial charge is 0.223 e. The molecule has 2 rings (SSSR count). The van der Waals surface area contributed by atoms with Crippen molar-refractivity contribution in [2.45, 2.75) is 25.3 Å². The quantitative estimate of drug-likeness (QED) is 0.816. The van der Waals surface area contributed by atoms with Crippen LogP contribution in [0.1, 0.15) is 19.3 Å². The van der Waals surface area contributed by atoms with Crippen molar-refractivity contribution in [2.75, 3.05) is 13.2 Å². The minimum Gasteiger partial charge on any atom is -0.492 e. The van der Waals surface area contributed by atoms with Gasteiger partial charge in [0.2, 0.25) is 5.91 Å². The van der Waals surface area contributed by atoms with Gasteiger partial charge in [0.25, 0.3) is 0 Å². The van der Waals surface area contributed by atoms with E-state index in [0.29, 0.717) is 6.54 Å². The summed E-state index contributed by atoms with van der Waals surface area (Å²) in [6, 6.07) is 3.44. The zero-order valence-corrected chi connectivity index (χ0v) is 12.3. The number of hydrogen-bond acceptors (Lipinski definition) is 3. The molecule has 4 nitrogen and oxygen atoms in total. The molecule has 1 fully saturated rings. The lowest BCUT2D eigenvalue weighted by Crippen LogP contribution is -2.33. The van der Waals surface area contributed by atoms with Crippen LogP contribution in [0, 0.1) is 17.6 Å². The van der Waals surface area contributed by atoms with Gasteiger partial charge < -0.3 is 15.8 Å². The van der Waals surface area contributed by atoms with Gasteiger partial charge in [-0.1, -0.05) is 0 Å². The highest BCUT2D eigenvalue weighted by Crippen LogP contribution is 2.23. The molecule has 1 aromatic rings. The number of benzene rings is 1. The van der Waals surface area contributed by atoms with Crippen molar-refractivity contribution in [1.29, 1.82) is 0 Å². The van der Waals surface area contributed by atoms with Gasteiger partial charge in [-0.15, -0.1) is 12.4 Å². The average Bonchev–Trinajstić information content (AvgIpc) is 2.85. The molecule has 0 bridgehead atoms. The first-order valence-electron chi connectivity index (χ1n) is 6.67. The number of carbonyl (C=O) groups is 1. The summed E-state index contributed by atoms with van der Waals surface area (Å²) in [5.41, 5.74) is 5.75. The van der Waals surface area contributed by atoms with Gasteiger partial charge in [0, 0.05) is 18.0 Å². The summed E-state index contributed by atoms with van der Waals surface area (Å²) in [5.74, 6) is -1.67. The lowest BCUT2D eigenvalue weighted by atomic mass is 10.1. The largest absolute Gasteiger partial charge is 0.492 e. The minimum atomic E-state index is -0.952. The van der Waals surface area contributed by atoms with Crippen LogP contribution in [0.15, 0.2) is 18.2 Å². The van der Waals surface area contributed by atoms with E-state index >= 15 is 0 Å². The van der Waals surface area contributed by atoms with E-state index in [9.17, 15) is 13.6 Å². The first kappa shape index (κ1) is 17.7. The highest BCUT2D eigenvalue weighted by molar-refractivity contribution is 5.85. The van der Waals surface area contributed by atoms with E-state index < -0.39 is 11.6 Å². The number of nitrogens with one attached hydrogen (secondary N) is 1. The van der Waals surface area contributed by atoms with Crippen LogP contribution < -0.4 is 15.8 Å². The molecule has 1 aliphatic rings. The summed E-state index contributed by atoms with van der Waals surface area (Å²) >= 11 is 0. The number of rotatable bonds is 5. The fourth-order valence-electron chi connectivity index (χ4n) is 2.31. The molecule has 0 radical (unpaired) electrons. The molecular weight excluding hydrogens is 302 g/mol. The van der Waals surface area contributed by atoms with Gasteiger partial charge in [-0.25, -0.2) is 8.78 Å². The van der Waals surface area contributed by atoms with Crippen LogP contribution in [-0.2, 0) is 4.79 Å². The van der Waals surface area contributed by atoms with Crippen molar-refractivity contribution in [3.8, 4) is 5.75 Å². The number of carbonyl (C=O) groups excluding carboxylic acids is 1. The summed E-state index contributed by atoms with van der Waals surface area (Å²) in [4.78, 5) is 11.8. The van der Waals surface area contributed by atoms with Crippen LogP contribution in [0.5, 0.6) is 5.75 Å². The second-order valence-electron chi connectivity index (χ2n) is 4.99. The third-order valence-corrected chi connectivity index (χ3v) is 3.41. The molecule has 1 saturated carbocycles. The lowest BCUT2D eigenvalue weighted by molar-refractivity contribution is -0.124. The fraction of sp³-hybridized carbons (Fsp3) is 0.500. The predicted octanol–water partition coefficient (Wildman–Crippen LogP) is 2.01. The van der Waals surface area contributed by atoms with Gasteiger partial charge >= 0.3 is 0 Å². The van der Waals surface area contributed by atoms with Crippen LogP contribution in [0.3, 0.4) is 0 Å². The second kappa shape index (κ2) is 8.14. The Morgan fingerprint density at radius 1 is 1.33 bits per heavy atom. The van der Waals surface area contributed by atoms with Gasteiger partial charge in [0.05, 0.1) is 6.54 Å². The normalized spacial score (nSPS) is 20.7. The molecule has 21 heavy (non-hydrogen) atoms. The predicted molar refractivity (Wildman–Crippen MR) is 77.4 cm³/mol. The molecule has 0 aromatic heterocycles. The van der Waals surface area contributed by atoms with Crippen LogP contribution in [0.2, 0.25) is 0 Å². The summed E-state index contributed by atoms with van der Waals surface area (Å²) in [6.45, 7) is 0.527. The van der Waals surface area contributed by atoms with E-state index in [0.717, 1.165) is 31.4 Å². The van der Waals surface area contributed by atoms with E-state index in [-0.39, 0.29) is 42.6 Å².